The van der Waals surface area contributed by atoms with Crippen LogP contribution in [-0.2, 0) is 24.2 Å². The number of aromatic nitrogens is 2. The molecule has 4 rings (SSSR count). The number of rotatable bonds is 17. The van der Waals surface area contributed by atoms with Crippen LogP contribution in [0.3, 0.4) is 0 Å². The fourth-order valence-electron chi connectivity index (χ4n) is 4.58. The molecule has 41 heavy (non-hydrogen) atoms. The molecule has 0 amide bonds. The van der Waals surface area contributed by atoms with Gasteiger partial charge >= 0.3 is 0 Å². The zero-order valence-electron chi connectivity index (χ0n) is 23.8. The van der Waals surface area contributed by atoms with Crippen LogP contribution in [0.1, 0.15) is 18.4 Å². The van der Waals surface area contributed by atoms with Crippen molar-refractivity contribution in [3.05, 3.63) is 109 Å². The minimum atomic E-state index is -1.05. The van der Waals surface area contributed by atoms with Crippen LogP contribution >= 0.6 is 0 Å². The summed E-state index contributed by atoms with van der Waals surface area (Å²) in [7, 11) is 0. The van der Waals surface area contributed by atoms with Crippen molar-refractivity contribution in [1.29, 1.82) is 0 Å². The van der Waals surface area contributed by atoms with Gasteiger partial charge in [-0.2, -0.15) is 0 Å². The van der Waals surface area contributed by atoms with Crippen molar-refractivity contribution >= 4 is 0 Å². The van der Waals surface area contributed by atoms with E-state index < -0.39 is 12.2 Å². The first kappa shape index (κ1) is 30.1. The standard InChI is InChI=1S/C33H40N2O6/c1-3-33-34(19-26(2)35(33)20-27(36)22-38-29-13-7-4-8-14-29)21-32(25-41-31-17-11-6-12-18-31)40-24-28(37)23-39-30-15-9-5-10-16-30/h4-19,27-28,32,36H,3,20-25H2,1-2H3. The molecule has 0 aliphatic rings. The van der Waals surface area contributed by atoms with E-state index in [2.05, 4.69) is 22.3 Å². The quantitative estimate of drug-likeness (QED) is 0.199. The van der Waals surface area contributed by atoms with E-state index in [1.54, 1.807) is 0 Å². The van der Waals surface area contributed by atoms with Gasteiger partial charge in [-0.25, -0.2) is 9.13 Å². The van der Waals surface area contributed by atoms with Gasteiger partial charge in [0.1, 0.15) is 67.7 Å². The van der Waals surface area contributed by atoms with Gasteiger partial charge in [0, 0.05) is 20.0 Å². The molecule has 8 nitrogen and oxygen atoms in total. The second-order valence-electron chi connectivity index (χ2n) is 9.91. The van der Waals surface area contributed by atoms with Gasteiger partial charge in [-0.3, -0.25) is 0 Å². The van der Waals surface area contributed by atoms with Gasteiger partial charge in [0.25, 0.3) is 5.82 Å². The highest BCUT2D eigenvalue weighted by atomic mass is 16.5. The number of benzene rings is 3. The zero-order valence-corrected chi connectivity index (χ0v) is 23.8. The first-order chi connectivity index (χ1) is 20.0. The minimum absolute atomic E-state index is 0.00705. The lowest BCUT2D eigenvalue weighted by atomic mass is 10.3. The Bertz CT molecular complexity index is 1280. The Morgan fingerprint density at radius 1 is 0.756 bits per heavy atom. The smallest absolute Gasteiger partial charge is 0.256 e. The van der Waals surface area contributed by atoms with E-state index >= 15 is 0 Å². The molecule has 4 aromatic rings. The first-order valence-electron chi connectivity index (χ1n) is 14.1. The molecule has 0 aliphatic carbocycles. The number of hydrogen-bond donors (Lipinski definition) is 1. The summed E-state index contributed by atoms with van der Waals surface area (Å²) in [6.45, 7) is 5.48. The summed E-state index contributed by atoms with van der Waals surface area (Å²) in [6, 6.07) is 28.3. The van der Waals surface area contributed by atoms with E-state index in [1.807, 2.05) is 97.9 Å². The second-order valence-corrected chi connectivity index (χ2v) is 9.91. The molecule has 1 N–H and O–H groups in total. The van der Waals surface area contributed by atoms with Crippen LogP contribution in [0.25, 0.3) is 0 Å². The third-order valence-electron chi connectivity index (χ3n) is 6.58. The SMILES string of the molecule is CCc1n(CC(O)COc2ccccc2)c(C)c[n+]1CC(COc1ccccc1)OCC([O-])COc1ccccc1. The van der Waals surface area contributed by atoms with Gasteiger partial charge in [0.05, 0.1) is 6.61 Å². The number of aryl methyl sites for hydroxylation is 1. The maximum absolute atomic E-state index is 12.7. The van der Waals surface area contributed by atoms with Gasteiger partial charge in [0.15, 0.2) is 0 Å². The van der Waals surface area contributed by atoms with Crippen molar-refractivity contribution in [2.45, 2.75) is 51.7 Å². The molecular weight excluding hydrogens is 520 g/mol. The molecule has 0 fully saturated rings. The van der Waals surface area contributed by atoms with Crippen molar-refractivity contribution < 1.29 is 33.7 Å². The van der Waals surface area contributed by atoms with Crippen molar-refractivity contribution in [3.8, 4) is 17.2 Å². The normalized spacial score (nSPS) is 13.4. The summed E-state index contributed by atoms with van der Waals surface area (Å²) in [5, 5.41) is 23.4. The van der Waals surface area contributed by atoms with E-state index in [4.69, 9.17) is 18.9 Å². The monoisotopic (exact) mass is 560 g/mol. The summed E-state index contributed by atoms with van der Waals surface area (Å²) in [5.74, 6) is 3.17. The van der Waals surface area contributed by atoms with E-state index in [1.165, 1.54) is 0 Å². The van der Waals surface area contributed by atoms with E-state index in [0.29, 0.717) is 18.8 Å². The predicted octanol–water partition coefficient (Wildman–Crippen LogP) is 3.36. The Hall–Kier alpha value is -3.85. The van der Waals surface area contributed by atoms with Crippen molar-refractivity contribution in [1.82, 2.24) is 4.57 Å². The highest BCUT2D eigenvalue weighted by Crippen LogP contribution is 2.13. The summed E-state index contributed by atoms with van der Waals surface area (Å²) >= 11 is 0. The average molecular weight is 561 g/mol. The highest BCUT2D eigenvalue weighted by Gasteiger charge is 2.25. The number of nitrogens with zero attached hydrogens (tertiary/aromatic N) is 2. The number of ether oxygens (including phenoxy) is 4. The van der Waals surface area contributed by atoms with Crippen LogP contribution in [0.5, 0.6) is 17.2 Å². The molecular formula is C33H40N2O6. The lowest BCUT2D eigenvalue weighted by Crippen LogP contribution is -2.47. The Morgan fingerprint density at radius 3 is 1.80 bits per heavy atom. The maximum Gasteiger partial charge on any atom is 0.256 e. The highest BCUT2D eigenvalue weighted by molar-refractivity contribution is 5.22. The Balaban J connectivity index is 1.39. The minimum Gasteiger partial charge on any atom is -0.848 e. The summed E-state index contributed by atoms with van der Waals surface area (Å²) in [4.78, 5) is 0. The van der Waals surface area contributed by atoms with Gasteiger partial charge in [-0.05, 0) is 36.4 Å². The van der Waals surface area contributed by atoms with E-state index in [0.717, 1.165) is 29.4 Å². The molecule has 0 radical (unpaired) electrons. The first-order valence-corrected chi connectivity index (χ1v) is 14.1. The summed E-state index contributed by atoms with van der Waals surface area (Å²) in [5.41, 5.74) is 1.02. The molecule has 0 bridgehead atoms. The zero-order chi connectivity index (χ0) is 28.9. The number of aliphatic hydroxyl groups is 1. The van der Waals surface area contributed by atoms with Crippen molar-refractivity contribution in [2.75, 3.05) is 26.4 Å². The topological polar surface area (TPSA) is 89.0 Å². The fraction of sp³-hybridized carbons (Fsp3) is 0.364. The van der Waals surface area contributed by atoms with Crippen LogP contribution in [0.2, 0.25) is 0 Å². The lowest BCUT2D eigenvalue weighted by molar-refractivity contribution is -0.711. The predicted molar refractivity (Wildman–Crippen MR) is 154 cm³/mol. The largest absolute Gasteiger partial charge is 0.848 e. The van der Waals surface area contributed by atoms with Crippen LogP contribution in [0.4, 0.5) is 0 Å². The molecule has 3 aromatic carbocycles. The third-order valence-corrected chi connectivity index (χ3v) is 6.58. The maximum atomic E-state index is 12.7. The molecule has 0 saturated carbocycles. The van der Waals surface area contributed by atoms with E-state index in [9.17, 15) is 10.2 Å². The van der Waals surface area contributed by atoms with Crippen molar-refractivity contribution in [3.63, 3.8) is 0 Å². The van der Waals surface area contributed by atoms with Gasteiger partial charge in [-0.15, -0.1) is 0 Å². The molecule has 1 aromatic heterocycles. The molecule has 218 valence electrons. The third kappa shape index (κ3) is 9.63. The number of aliphatic hydroxyl groups excluding tert-OH is 1. The lowest BCUT2D eigenvalue weighted by Gasteiger charge is -2.25. The molecule has 0 spiro atoms. The second kappa shape index (κ2) is 15.8. The molecule has 1 heterocycles. The van der Waals surface area contributed by atoms with Gasteiger partial charge < -0.3 is 29.2 Å². The van der Waals surface area contributed by atoms with E-state index in [-0.39, 0.29) is 32.5 Å². The summed E-state index contributed by atoms with van der Waals surface area (Å²) < 4.78 is 27.7. The van der Waals surface area contributed by atoms with Crippen molar-refractivity contribution in [2.24, 2.45) is 0 Å². The average Bonchev–Trinajstić information content (AvgIpc) is 3.30. The Kier molecular flexibility index (Phi) is 11.6. The Labute approximate surface area is 242 Å². The van der Waals surface area contributed by atoms with Gasteiger partial charge in [-0.1, -0.05) is 67.6 Å². The van der Waals surface area contributed by atoms with Gasteiger partial charge in [0.2, 0.25) is 0 Å². The number of para-hydroxylation sites is 3. The molecule has 3 unspecified atom stereocenters. The number of hydrogen-bond acceptors (Lipinski definition) is 6. The number of imidazole rings is 1. The summed E-state index contributed by atoms with van der Waals surface area (Å²) in [6.07, 6.45) is 0.702. The molecule has 3 atom stereocenters. The Morgan fingerprint density at radius 2 is 1.27 bits per heavy atom. The molecule has 0 saturated heterocycles. The van der Waals surface area contributed by atoms with Crippen LogP contribution in [0.15, 0.2) is 97.2 Å². The van der Waals surface area contributed by atoms with Crippen LogP contribution in [0, 0.1) is 6.92 Å². The molecule has 0 aliphatic heterocycles. The molecule has 8 heteroatoms. The fourth-order valence-corrected chi connectivity index (χ4v) is 4.58. The van der Waals surface area contributed by atoms with Crippen LogP contribution < -0.4 is 23.9 Å². The van der Waals surface area contributed by atoms with Crippen LogP contribution in [-0.4, -0.2) is 54.4 Å².